The molecule has 104 valence electrons. The monoisotopic (exact) mass is 292 g/mol. The highest BCUT2D eigenvalue weighted by Crippen LogP contribution is 2.22. The minimum atomic E-state index is -1.02. The normalized spacial score (nSPS) is 10.6. The van der Waals surface area contributed by atoms with Gasteiger partial charge in [-0.2, -0.15) is 0 Å². The molecule has 1 aromatic heterocycles. The third-order valence-electron chi connectivity index (χ3n) is 2.71. The first-order valence-electron chi connectivity index (χ1n) is 5.93. The Bertz CT molecular complexity index is 621. The molecular formula is C14H13FN2O2S. The lowest BCUT2D eigenvalue weighted by atomic mass is 10.2. The molecule has 0 unspecified atom stereocenters. The summed E-state index contributed by atoms with van der Waals surface area (Å²) in [6.07, 6.45) is 0. The molecule has 0 amide bonds. The molecule has 0 radical (unpaired) electrons. The summed E-state index contributed by atoms with van der Waals surface area (Å²) in [5.41, 5.74) is 1.07. The molecular weight excluding hydrogens is 279 g/mol. The molecule has 0 atom stereocenters. The average Bonchev–Trinajstić information content (AvgIpc) is 2.37. The van der Waals surface area contributed by atoms with E-state index in [0.717, 1.165) is 4.90 Å². The van der Waals surface area contributed by atoms with Crippen LogP contribution in [-0.4, -0.2) is 21.0 Å². The van der Waals surface area contributed by atoms with Crippen LogP contribution in [0.1, 0.15) is 27.6 Å². The second-order valence-electron chi connectivity index (χ2n) is 4.23. The predicted molar refractivity (Wildman–Crippen MR) is 74.4 cm³/mol. The van der Waals surface area contributed by atoms with Crippen LogP contribution in [-0.2, 0) is 5.75 Å². The molecule has 20 heavy (non-hydrogen) atoms. The van der Waals surface area contributed by atoms with Crippen molar-refractivity contribution in [3.63, 3.8) is 0 Å². The van der Waals surface area contributed by atoms with Crippen molar-refractivity contribution in [3.8, 4) is 0 Å². The van der Waals surface area contributed by atoms with Crippen molar-refractivity contribution in [1.82, 2.24) is 9.97 Å². The molecule has 1 aromatic carbocycles. The molecule has 0 fully saturated rings. The summed E-state index contributed by atoms with van der Waals surface area (Å²) in [7, 11) is 0. The zero-order valence-electron chi connectivity index (χ0n) is 11.1. The van der Waals surface area contributed by atoms with Gasteiger partial charge in [-0.1, -0.05) is 0 Å². The van der Waals surface area contributed by atoms with E-state index in [2.05, 4.69) is 9.97 Å². The van der Waals surface area contributed by atoms with Crippen molar-refractivity contribution in [2.24, 2.45) is 0 Å². The van der Waals surface area contributed by atoms with E-state index in [-0.39, 0.29) is 11.4 Å². The number of rotatable bonds is 4. The minimum Gasteiger partial charge on any atom is -0.478 e. The second-order valence-corrected chi connectivity index (χ2v) is 5.28. The molecule has 2 rings (SSSR count). The van der Waals surface area contributed by atoms with E-state index in [0.29, 0.717) is 23.0 Å². The Morgan fingerprint density at radius 2 is 1.75 bits per heavy atom. The van der Waals surface area contributed by atoms with E-state index < -0.39 is 5.97 Å². The van der Waals surface area contributed by atoms with E-state index >= 15 is 0 Å². The van der Waals surface area contributed by atoms with Crippen LogP contribution in [0.4, 0.5) is 4.39 Å². The van der Waals surface area contributed by atoms with Gasteiger partial charge in [-0.05, 0) is 38.1 Å². The van der Waals surface area contributed by atoms with E-state index in [4.69, 9.17) is 5.11 Å². The molecule has 0 saturated carbocycles. The minimum absolute atomic E-state index is 0.153. The Balaban J connectivity index is 2.14. The number of aromatic carboxylic acids is 1. The van der Waals surface area contributed by atoms with Gasteiger partial charge in [-0.25, -0.2) is 19.2 Å². The Kier molecular flexibility index (Phi) is 4.34. The largest absolute Gasteiger partial charge is 0.478 e. The van der Waals surface area contributed by atoms with Gasteiger partial charge in [-0.15, -0.1) is 11.8 Å². The molecule has 0 spiro atoms. The summed E-state index contributed by atoms with van der Waals surface area (Å²) < 4.78 is 12.8. The van der Waals surface area contributed by atoms with Gasteiger partial charge in [0.1, 0.15) is 17.2 Å². The van der Waals surface area contributed by atoms with E-state index in [1.807, 2.05) is 0 Å². The molecule has 0 aliphatic rings. The standard InChI is InChI=1S/C14H13FN2O2S/c1-8-13(14(18)19)9(2)17-12(16-8)7-20-11-5-3-10(15)4-6-11/h3-6H,7H2,1-2H3,(H,18,19). The molecule has 2 aromatic rings. The van der Waals surface area contributed by atoms with Gasteiger partial charge in [0.2, 0.25) is 0 Å². The smallest absolute Gasteiger partial charge is 0.339 e. The van der Waals surface area contributed by atoms with Gasteiger partial charge in [0.25, 0.3) is 0 Å². The first-order valence-corrected chi connectivity index (χ1v) is 6.91. The lowest BCUT2D eigenvalue weighted by molar-refractivity contribution is 0.0694. The third kappa shape index (κ3) is 3.33. The zero-order valence-corrected chi connectivity index (χ0v) is 11.9. The summed E-state index contributed by atoms with van der Waals surface area (Å²) in [5, 5.41) is 9.05. The molecule has 0 aliphatic carbocycles. The van der Waals surface area contributed by atoms with E-state index in [9.17, 15) is 9.18 Å². The van der Waals surface area contributed by atoms with Gasteiger partial charge in [0.05, 0.1) is 17.1 Å². The van der Waals surface area contributed by atoms with Gasteiger partial charge in [-0.3, -0.25) is 0 Å². The van der Waals surface area contributed by atoms with Crippen molar-refractivity contribution in [1.29, 1.82) is 0 Å². The number of halogens is 1. The Morgan fingerprint density at radius 1 is 1.20 bits per heavy atom. The first kappa shape index (κ1) is 14.5. The highest BCUT2D eigenvalue weighted by molar-refractivity contribution is 7.98. The molecule has 0 aliphatic heterocycles. The summed E-state index contributed by atoms with van der Waals surface area (Å²) in [6.45, 7) is 3.31. The van der Waals surface area contributed by atoms with Crippen molar-refractivity contribution >= 4 is 17.7 Å². The Labute approximate surface area is 120 Å². The fourth-order valence-corrected chi connectivity index (χ4v) is 2.59. The van der Waals surface area contributed by atoms with Crippen LogP contribution in [0.5, 0.6) is 0 Å². The number of carboxylic acids is 1. The average molecular weight is 292 g/mol. The van der Waals surface area contributed by atoms with Gasteiger partial charge >= 0.3 is 5.97 Å². The first-order chi connectivity index (χ1) is 9.47. The number of aromatic nitrogens is 2. The number of aryl methyl sites for hydroxylation is 2. The summed E-state index contributed by atoms with van der Waals surface area (Å²) in [6, 6.07) is 6.16. The molecule has 1 heterocycles. The molecule has 0 bridgehead atoms. The Hall–Kier alpha value is -1.95. The van der Waals surface area contributed by atoms with Crippen molar-refractivity contribution in [3.05, 3.63) is 52.9 Å². The SMILES string of the molecule is Cc1nc(CSc2ccc(F)cc2)nc(C)c1C(=O)O. The van der Waals surface area contributed by atoms with Crippen LogP contribution >= 0.6 is 11.8 Å². The van der Waals surface area contributed by atoms with Crippen LogP contribution in [0.2, 0.25) is 0 Å². The second kappa shape index (κ2) is 6.00. The molecule has 1 N–H and O–H groups in total. The van der Waals surface area contributed by atoms with Gasteiger partial charge in [0.15, 0.2) is 0 Å². The number of hydrogen-bond acceptors (Lipinski definition) is 4. The van der Waals surface area contributed by atoms with Crippen molar-refractivity contribution in [2.45, 2.75) is 24.5 Å². The van der Waals surface area contributed by atoms with E-state index in [1.54, 1.807) is 26.0 Å². The maximum Gasteiger partial charge on any atom is 0.339 e. The number of nitrogens with zero attached hydrogens (tertiary/aromatic N) is 2. The number of carboxylic acid groups (broad SMARTS) is 1. The van der Waals surface area contributed by atoms with Crippen LogP contribution in [0.25, 0.3) is 0 Å². The van der Waals surface area contributed by atoms with Gasteiger partial charge in [0, 0.05) is 4.90 Å². The van der Waals surface area contributed by atoms with Gasteiger partial charge < -0.3 is 5.11 Å². The highest BCUT2D eigenvalue weighted by Gasteiger charge is 2.14. The highest BCUT2D eigenvalue weighted by atomic mass is 32.2. The van der Waals surface area contributed by atoms with Crippen LogP contribution in [0, 0.1) is 19.7 Å². The maximum atomic E-state index is 12.8. The number of benzene rings is 1. The van der Waals surface area contributed by atoms with Crippen LogP contribution < -0.4 is 0 Å². The predicted octanol–water partition coefficient (Wildman–Crippen LogP) is 3.22. The van der Waals surface area contributed by atoms with Crippen LogP contribution in [0.15, 0.2) is 29.2 Å². The van der Waals surface area contributed by atoms with Crippen molar-refractivity contribution < 1.29 is 14.3 Å². The molecule has 4 nitrogen and oxygen atoms in total. The van der Waals surface area contributed by atoms with Crippen molar-refractivity contribution in [2.75, 3.05) is 0 Å². The Morgan fingerprint density at radius 3 is 2.25 bits per heavy atom. The third-order valence-corrected chi connectivity index (χ3v) is 3.72. The fraction of sp³-hybridized carbons (Fsp3) is 0.214. The quantitative estimate of drug-likeness (QED) is 0.877. The summed E-state index contributed by atoms with van der Waals surface area (Å²) in [4.78, 5) is 20.4. The maximum absolute atomic E-state index is 12.8. The number of thioether (sulfide) groups is 1. The lowest BCUT2D eigenvalue weighted by Gasteiger charge is -2.07. The summed E-state index contributed by atoms with van der Waals surface area (Å²) in [5.74, 6) is -0.215. The summed E-state index contributed by atoms with van der Waals surface area (Å²) >= 11 is 1.47. The number of carbonyl (C=O) groups is 1. The molecule has 0 saturated heterocycles. The molecule has 6 heteroatoms. The number of hydrogen-bond donors (Lipinski definition) is 1. The topological polar surface area (TPSA) is 63.1 Å². The zero-order chi connectivity index (χ0) is 14.7. The van der Waals surface area contributed by atoms with Crippen LogP contribution in [0.3, 0.4) is 0 Å². The van der Waals surface area contributed by atoms with E-state index in [1.165, 1.54) is 23.9 Å². The fourth-order valence-electron chi connectivity index (χ4n) is 1.84. The lowest BCUT2D eigenvalue weighted by Crippen LogP contribution is -2.09.